The van der Waals surface area contributed by atoms with Crippen LogP contribution in [-0.2, 0) is 0 Å². The lowest BCUT2D eigenvalue weighted by molar-refractivity contribution is -0.153. The van der Waals surface area contributed by atoms with Gasteiger partial charge >= 0.3 is 6.18 Å². The SMILES string of the molecule is OC(CC(F)(F)F)c1sccc1Cl. The number of halogens is 4. The van der Waals surface area contributed by atoms with Crippen LogP contribution in [0.3, 0.4) is 0 Å². The lowest BCUT2D eigenvalue weighted by Gasteiger charge is -2.11. The number of hydrogen-bond donors (Lipinski definition) is 1. The Morgan fingerprint density at radius 1 is 1.54 bits per heavy atom. The molecular formula is C7H6ClF3OS. The number of hydrogen-bond acceptors (Lipinski definition) is 2. The highest BCUT2D eigenvalue weighted by Gasteiger charge is 2.32. The van der Waals surface area contributed by atoms with Crippen molar-refractivity contribution in [2.75, 3.05) is 0 Å². The van der Waals surface area contributed by atoms with E-state index in [1.807, 2.05) is 0 Å². The summed E-state index contributed by atoms with van der Waals surface area (Å²) in [5, 5.41) is 10.9. The molecule has 0 aliphatic carbocycles. The Hall–Kier alpha value is -0.260. The van der Waals surface area contributed by atoms with Crippen molar-refractivity contribution in [2.45, 2.75) is 18.7 Å². The van der Waals surface area contributed by atoms with E-state index >= 15 is 0 Å². The predicted molar refractivity (Wildman–Crippen MR) is 45.0 cm³/mol. The largest absolute Gasteiger partial charge is 0.391 e. The standard InChI is InChI=1S/C7H6ClF3OS/c8-4-1-2-13-6(4)5(12)3-7(9,10)11/h1-2,5,12H,3H2. The van der Waals surface area contributed by atoms with E-state index in [0.29, 0.717) is 0 Å². The van der Waals surface area contributed by atoms with Crippen molar-refractivity contribution in [3.05, 3.63) is 21.3 Å². The summed E-state index contributed by atoms with van der Waals surface area (Å²) in [5.41, 5.74) is 0. The Kier molecular flexibility index (Phi) is 3.21. The smallest absolute Gasteiger partial charge is 0.387 e. The second-order valence-corrected chi connectivity index (χ2v) is 3.82. The van der Waals surface area contributed by atoms with Gasteiger partial charge in [-0.05, 0) is 11.4 Å². The van der Waals surface area contributed by atoms with E-state index in [1.165, 1.54) is 11.4 Å². The summed E-state index contributed by atoms with van der Waals surface area (Å²) in [6.07, 6.45) is -7.17. The van der Waals surface area contributed by atoms with Gasteiger partial charge in [-0.2, -0.15) is 13.2 Å². The number of rotatable bonds is 2. The first-order valence-electron chi connectivity index (χ1n) is 3.38. The molecule has 0 saturated carbocycles. The fourth-order valence-corrected chi connectivity index (χ4v) is 2.02. The maximum atomic E-state index is 11.8. The predicted octanol–water partition coefficient (Wildman–Crippen LogP) is 3.39. The molecule has 1 heterocycles. The van der Waals surface area contributed by atoms with Gasteiger partial charge in [0.1, 0.15) is 0 Å². The van der Waals surface area contributed by atoms with Crippen LogP contribution >= 0.6 is 22.9 Å². The molecule has 0 aromatic carbocycles. The molecule has 1 aromatic rings. The molecule has 0 bridgehead atoms. The maximum Gasteiger partial charge on any atom is 0.391 e. The van der Waals surface area contributed by atoms with Crippen LogP contribution in [0.2, 0.25) is 5.02 Å². The van der Waals surface area contributed by atoms with Gasteiger partial charge < -0.3 is 5.11 Å². The Labute approximate surface area is 81.8 Å². The van der Waals surface area contributed by atoms with E-state index in [1.54, 1.807) is 0 Å². The Bertz CT molecular complexity index is 284. The molecule has 0 aliphatic rings. The van der Waals surface area contributed by atoms with Crippen LogP contribution < -0.4 is 0 Å². The van der Waals surface area contributed by atoms with Crippen LogP contribution in [0.4, 0.5) is 13.2 Å². The molecule has 13 heavy (non-hydrogen) atoms. The van der Waals surface area contributed by atoms with Gasteiger partial charge in [0.25, 0.3) is 0 Å². The van der Waals surface area contributed by atoms with Crippen LogP contribution in [0.25, 0.3) is 0 Å². The summed E-state index contributed by atoms with van der Waals surface area (Å²) >= 11 is 6.56. The number of alkyl halides is 3. The van der Waals surface area contributed by atoms with Crippen molar-refractivity contribution >= 4 is 22.9 Å². The van der Waals surface area contributed by atoms with Crippen LogP contribution in [-0.4, -0.2) is 11.3 Å². The van der Waals surface area contributed by atoms with Gasteiger partial charge in [0, 0.05) is 0 Å². The Morgan fingerprint density at radius 3 is 2.54 bits per heavy atom. The molecule has 1 unspecified atom stereocenters. The molecule has 74 valence electrons. The second-order valence-electron chi connectivity index (χ2n) is 2.47. The van der Waals surface area contributed by atoms with Gasteiger partial charge in [-0.25, -0.2) is 0 Å². The van der Waals surface area contributed by atoms with Crippen molar-refractivity contribution < 1.29 is 18.3 Å². The van der Waals surface area contributed by atoms with Gasteiger partial charge in [0.2, 0.25) is 0 Å². The lowest BCUT2D eigenvalue weighted by atomic mass is 10.2. The molecule has 0 aliphatic heterocycles. The summed E-state index contributed by atoms with van der Waals surface area (Å²) in [6.45, 7) is 0. The first-order valence-corrected chi connectivity index (χ1v) is 4.63. The first kappa shape index (κ1) is 10.8. The van der Waals surface area contributed by atoms with Gasteiger partial charge in [-0.15, -0.1) is 11.3 Å². The number of thiophene rings is 1. The van der Waals surface area contributed by atoms with E-state index in [4.69, 9.17) is 16.7 Å². The zero-order valence-electron chi connectivity index (χ0n) is 6.31. The van der Waals surface area contributed by atoms with Crippen molar-refractivity contribution in [1.29, 1.82) is 0 Å². The maximum absolute atomic E-state index is 11.8. The van der Waals surface area contributed by atoms with Crippen LogP contribution in [0.15, 0.2) is 11.4 Å². The molecule has 1 nitrogen and oxygen atoms in total. The number of aliphatic hydroxyl groups excluding tert-OH is 1. The second kappa shape index (κ2) is 3.86. The molecule has 1 aromatic heterocycles. The molecule has 0 saturated heterocycles. The molecule has 1 N–H and O–H groups in total. The molecule has 0 spiro atoms. The third-order valence-electron chi connectivity index (χ3n) is 1.37. The van der Waals surface area contributed by atoms with Crippen molar-refractivity contribution in [3.8, 4) is 0 Å². The minimum Gasteiger partial charge on any atom is -0.387 e. The van der Waals surface area contributed by atoms with Crippen molar-refractivity contribution in [1.82, 2.24) is 0 Å². The topological polar surface area (TPSA) is 20.2 Å². The fourth-order valence-electron chi connectivity index (χ4n) is 0.855. The van der Waals surface area contributed by atoms with Crippen LogP contribution in [0, 0.1) is 0 Å². The highest BCUT2D eigenvalue weighted by molar-refractivity contribution is 7.10. The molecule has 0 radical (unpaired) electrons. The first-order chi connectivity index (χ1) is 5.90. The molecular weight excluding hydrogens is 225 g/mol. The third-order valence-corrected chi connectivity index (χ3v) is 2.83. The van der Waals surface area contributed by atoms with E-state index < -0.39 is 18.7 Å². The van der Waals surface area contributed by atoms with E-state index in [2.05, 4.69) is 0 Å². The van der Waals surface area contributed by atoms with Gasteiger partial charge in [-0.3, -0.25) is 0 Å². The minimum absolute atomic E-state index is 0.166. The normalized spacial score (nSPS) is 14.5. The van der Waals surface area contributed by atoms with Crippen LogP contribution in [0.1, 0.15) is 17.4 Å². The Balaban J connectivity index is 2.69. The van der Waals surface area contributed by atoms with E-state index in [-0.39, 0.29) is 9.90 Å². The summed E-state index contributed by atoms with van der Waals surface area (Å²) < 4.78 is 35.5. The molecule has 0 amide bonds. The Morgan fingerprint density at radius 2 is 2.15 bits per heavy atom. The monoisotopic (exact) mass is 230 g/mol. The lowest BCUT2D eigenvalue weighted by Crippen LogP contribution is -2.12. The van der Waals surface area contributed by atoms with Crippen LogP contribution in [0.5, 0.6) is 0 Å². The fraction of sp³-hybridized carbons (Fsp3) is 0.429. The van der Waals surface area contributed by atoms with Gasteiger partial charge in [0.05, 0.1) is 22.4 Å². The van der Waals surface area contributed by atoms with Gasteiger partial charge in [-0.1, -0.05) is 11.6 Å². The van der Waals surface area contributed by atoms with Crippen molar-refractivity contribution in [2.24, 2.45) is 0 Å². The number of aliphatic hydroxyl groups is 1. The van der Waals surface area contributed by atoms with E-state index in [9.17, 15) is 13.2 Å². The quantitative estimate of drug-likeness (QED) is 0.826. The van der Waals surface area contributed by atoms with E-state index in [0.717, 1.165) is 11.3 Å². The average molecular weight is 231 g/mol. The van der Waals surface area contributed by atoms with Crippen molar-refractivity contribution in [3.63, 3.8) is 0 Å². The highest BCUT2D eigenvalue weighted by Crippen LogP contribution is 2.35. The summed E-state index contributed by atoms with van der Waals surface area (Å²) in [4.78, 5) is 0.166. The average Bonchev–Trinajstić information content (AvgIpc) is 2.30. The molecule has 1 rings (SSSR count). The zero-order valence-corrected chi connectivity index (χ0v) is 7.88. The molecule has 1 atom stereocenters. The summed E-state index contributed by atoms with van der Waals surface area (Å²) in [5.74, 6) is 0. The summed E-state index contributed by atoms with van der Waals surface area (Å²) in [6, 6.07) is 1.46. The van der Waals surface area contributed by atoms with Gasteiger partial charge in [0.15, 0.2) is 0 Å². The highest BCUT2D eigenvalue weighted by atomic mass is 35.5. The molecule has 6 heteroatoms. The minimum atomic E-state index is -4.37. The summed E-state index contributed by atoms with van der Waals surface area (Å²) in [7, 11) is 0. The third kappa shape index (κ3) is 3.17. The molecule has 0 fully saturated rings. The zero-order chi connectivity index (χ0) is 10.1.